The maximum atomic E-state index is 10.0. The summed E-state index contributed by atoms with van der Waals surface area (Å²) in [4.78, 5) is 0. The van der Waals surface area contributed by atoms with E-state index in [2.05, 4.69) is 55.4 Å². The molecule has 0 spiro atoms. The fourth-order valence-corrected chi connectivity index (χ4v) is 6.51. The zero-order chi connectivity index (χ0) is 24.1. The van der Waals surface area contributed by atoms with Crippen LogP contribution in [0.1, 0.15) is 87.8 Å². The fraction of sp³-hybridized carbons (Fsp3) is 0.571. The fourth-order valence-electron chi connectivity index (χ4n) is 4.33. The van der Waals surface area contributed by atoms with Gasteiger partial charge < -0.3 is 10.2 Å². The van der Waals surface area contributed by atoms with Crippen molar-refractivity contribution in [2.45, 2.75) is 91.9 Å². The first kappa shape index (κ1) is 27.0. The number of benzene rings is 2. The summed E-state index contributed by atoms with van der Waals surface area (Å²) in [6.45, 7) is 17.5. The summed E-state index contributed by atoms with van der Waals surface area (Å²) in [7, 11) is 3.95. The molecule has 0 aromatic heterocycles. The molecule has 178 valence electrons. The van der Waals surface area contributed by atoms with E-state index in [9.17, 15) is 10.2 Å². The van der Waals surface area contributed by atoms with E-state index >= 15 is 0 Å². The number of aromatic hydroxyl groups is 2. The van der Waals surface area contributed by atoms with E-state index in [1.807, 2.05) is 45.9 Å². The molecule has 2 aromatic carbocycles. The molecule has 0 fully saturated rings. The average Bonchev–Trinajstić information content (AvgIpc) is 2.64. The third kappa shape index (κ3) is 7.66. The van der Waals surface area contributed by atoms with Crippen molar-refractivity contribution in [1.82, 2.24) is 0 Å². The van der Waals surface area contributed by atoms with Crippen LogP contribution in [0.5, 0.6) is 11.5 Å². The van der Waals surface area contributed by atoms with Crippen molar-refractivity contribution < 1.29 is 10.2 Å². The van der Waals surface area contributed by atoms with E-state index in [0.717, 1.165) is 37.2 Å². The molecule has 2 aromatic rings. The van der Waals surface area contributed by atoms with Gasteiger partial charge in [-0.15, -0.1) is 0 Å². The van der Waals surface area contributed by atoms with Gasteiger partial charge in [0.15, 0.2) is 0 Å². The predicted molar refractivity (Wildman–Crippen MR) is 145 cm³/mol. The summed E-state index contributed by atoms with van der Waals surface area (Å²) < 4.78 is 0. The average molecular weight is 475 g/mol. The molecule has 0 amide bonds. The topological polar surface area (TPSA) is 40.5 Å². The van der Waals surface area contributed by atoms with E-state index in [1.165, 1.54) is 33.4 Å². The van der Waals surface area contributed by atoms with Crippen LogP contribution in [0.3, 0.4) is 0 Å². The van der Waals surface area contributed by atoms with Crippen molar-refractivity contribution >= 4 is 21.6 Å². The standard InChI is InChI=1S/C28H42O2S2/c1-19-15-21(29)17-25(27(3,4)5)23(19)11-9-13-31-32-14-10-12-24-20(2)16-22(30)18-26(24)28(6,7)8/h15-18,29-30H,9-14H2,1-8H3. The van der Waals surface area contributed by atoms with Gasteiger partial charge in [-0.05, 0) is 108 Å². The Morgan fingerprint density at radius 1 is 0.625 bits per heavy atom. The second-order valence-corrected chi connectivity index (χ2v) is 13.6. The summed E-state index contributed by atoms with van der Waals surface area (Å²) in [5.41, 5.74) is 7.82. The minimum atomic E-state index is 0.0407. The smallest absolute Gasteiger partial charge is 0.116 e. The van der Waals surface area contributed by atoms with Gasteiger partial charge in [0.05, 0.1) is 0 Å². The van der Waals surface area contributed by atoms with Gasteiger partial charge in [0.1, 0.15) is 11.5 Å². The van der Waals surface area contributed by atoms with Crippen LogP contribution < -0.4 is 0 Å². The Labute approximate surface area is 204 Å². The van der Waals surface area contributed by atoms with Gasteiger partial charge in [-0.3, -0.25) is 0 Å². The Morgan fingerprint density at radius 3 is 1.28 bits per heavy atom. The third-order valence-electron chi connectivity index (χ3n) is 5.92. The second-order valence-electron chi connectivity index (χ2n) is 10.9. The Bertz CT molecular complexity index is 830. The van der Waals surface area contributed by atoms with Crippen molar-refractivity contribution in [3.63, 3.8) is 0 Å². The van der Waals surface area contributed by atoms with Gasteiger partial charge in [0.25, 0.3) is 0 Å². The highest BCUT2D eigenvalue weighted by molar-refractivity contribution is 8.76. The Hall–Kier alpha value is -1.26. The quantitative estimate of drug-likeness (QED) is 0.283. The largest absolute Gasteiger partial charge is 0.508 e. The summed E-state index contributed by atoms with van der Waals surface area (Å²) in [5, 5.41) is 20.1. The second kappa shape index (κ2) is 11.2. The van der Waals surface area contributed by atoms with Gasteiger partial charge in [0.2, 0.25) is 0 Å². The zero-order valence-corrected chi connectivity index (χ0v) is 22.9. The lowest BCUT2D eigenvalue weighted by atomic mass is 9.81. The highest BCUT2D eigenvalue weighted by Crippen LogP contribution is 2.34. The van der Waals surface area contributed by atoms with Gasteiger partial charge in [-0.1, -0.05) is 63.1 Å². The van der Waals surface area contributed by atoms with Gasteiger partial charge in [0, 0.05) is 11.5 Å². The molecule has 4 heteroatoms. The molecule has 0 aliphatic carbocycles. The molecule has 0 saturated heterocycles. The van der Waals surface area contributed by atoms with Gasteiger partial charge >= 0.3 is 0 Å². The van der Waals surface area contributed by atoms with E-state index < -0.39 is 0 Å². The lowest BCUT2D eigenvalue weighted by Crippen LogP contribution is -2.15. The van der Waals surface area contributed by atoms with Crippen LogP contribution in [-0.4, -0.2) is 21.7 Å². The van der Waals surface area contributed by atoms with Crippen LogP contribution in [0.15, 0.2) is 24.3 Å². The number of phenolic OH excluding ortho intramolecular Hbond substituents is 2. The molecule has 0 radical (unpaired) electrons. The third-order valence-corrected chi connectivity index (χ3v) is 8.50. The summed E-state index contributed by atoms with van der Waals surface area (Å²) in [5.74, 6) is 3.03. The number of hydrogen-bond acceptors (Lipinski definition) is 4. The van der Waals surface area contributed by atoms with Crippen molar-refractivity contribution in [2.24, 2.45) is 0 Å². The molecule has 32 heavy (non-hydrogen) atoms. The van der Waals surface area contributed by atoms with E-state index in [-0.39, 0.29) is 10.8 Å². The molecule has 0 aliphatic rings. The van der Waals surface area contributed by atoms with Gasteiger partial charge in [-0.2, -0.15) is 0 Å². The normalized spacial score (nSPS) is 12.4. The molecule has 2 N–H and O–H groups in total. The first-order valence-electron chi connectivity index (χ1n) is 11.7. The van der Waals surface area contributed by atoms with Crippen LogP contribution >= 0.6 is 21.6 Å². The van der Waals surface area contributed by atoms with E-state index in [1.54, 1.807) is 0 Å². The number of aryl methyl sites for hydroxylation is 2. The number of phenols is 2. The Morgan fingerprint density at radius 2 is 0.969 bits per heavy atom. The first-order valence-corrected chi connectivity index (χ1v) is 14.2. The summed E-state index contributed by atoms with van der Waals surface area (Å²) >= 11 is 0. The number of rotatable bonds is 9. The Balaban J connectivity index is 1.81. The number of hydrogen-bond donors (Lipinski definition) is 2. The zero-order valence-electron chi connectivity index (χ0n) is 21.3. The van der Waals surface area contributed by atoms with Crippen molar-refractivity contribution in [1.29, 1.82) is 0 Å². The van der Waals surface area contributed by atoms with Crippen LogP contribution in [0.2, 0.25) is 0 Å². The maximum Gasteiger partial charge on any atom is 0.116 e. The predicted octanol–water partition coefficient (Wildman–Crippen LogP) is 8.26. The van der Waals surface area contributed by atoms with Crippen molar-refractivity contribution in [2.75, 3.05) is 11.5 Å². The molecule has 0 atom stereocenters. The molecule has 2 nitrogen and oxygen atoms in total. The SMILES string of the molecule is Cc1cc(O)cc(C(C)(C)C)c1CCCSSCCCc1c(C)cc(O)cc1C(C)(C)C. The van der Waals surface area contributed by atoms with Gasteiger partial charge in [-0.25, -0.2) is 0 Å². The molecular weight excluding hydrogens is 432 g/mol. The first-order chi connectivity index (χ1) is 14.8. The highest BCUT2D eigenvalue weighted by Gasteiger charge is 2.21. The summed E-state index contributed by atoms with van der Waals surface area (Å²) in [6.07, 6.45) is 4.43. The molecule has 0 heterocycles. The van der Waals surface area contributed by atoms with Crippen LogP contribution in [0.25, 0.3) is 0 Å². The molecule has 2 rings (SSSR count). The van der Waals surface area contributed by atoms with E-state index in [4.69, 9.17) is 0 Å². The lowest BCUT2D eigenvalue weighted by Gasteiger charge is -2.25. The van der Waals surface area contributed by atoms with Crippen molar-refractivity contribution in [3.8, 4) is 11.5 Å². The molecular formula is C28H42O2S2. The van der Waals surface area contributed by atoms with Crippen molar-refractivity contribution in [3.05, 3.63) is 57.6 Å². The van der Waals surface area contributed by atoms with Crippen LogP contribution in [0.4, 0.5) is 0 Å². The monoisotopic (exact) mass is 474 g/mol. The van der Waals surface area contributed by atoms with E-state index in [0.29, 0.717) is 11.5 Å². The van der Waals surface area contributed by atoms with Crippen LogP contribution in [0, 0.1) is 13.8 Å². The molecule has 0 saturated carbocycles. The minimum absolute atomic E-state index is 0.0407. The maximum absolute atomic E-state index is 10.0. The molecule has 0 unspecified atom stereocenters. The lowest BCUT2D eigenvalue weighted by molar-refractivity contribution is 0.469. The minimum Gasteiger partial charge on any atom is -0.508 e. The Kier molecular flexibility index (Phi) is 9.48. The highest BCUT2D eigenvalue weighted by atomic mass is 33.1. The van der Waals surface area contributed by atoms with Crippen LogP contribution in [-0.2, 0) is 23.7 Å². The summed E-state index contributed by atoms with van der Waals surface area (Å²) in [6, 6.07) is 7.68. The molecule has 0 bridgehead atoms. The molecule has 0 aliphatic heterocycles.